The van der Waals surface area contributed by atoms with Gasteiger partial charge in [-0.05, 0) is 11.3 Å². The van der Waals surface area contributed by atoms with E-state index in [1.54, 1.807) is 20.9 Å². The number of rotatable bonds is 6. The summed E-state index contributed by atoms with van der Waals surface area (Å²) in [6, 6.07) is -0.454. The number of carbonyl (C=O) groups is 3. The number of hydrogen-bond donors (Lipinski definition) is 2. The zero-order valence-corrected chi connectivity index (χ0v) is 12.3. The van der Waals surface area contributed by atoms with Gasteiger partial charge in [-0.25, -0.2) is 4.79 Å². The minimum absolute atomic E-state index is 0.000554. The van der Waals surface area contributed by atoms with E-state index in [4.69, 9.17) is 5.11 Å². The molecule has 0 unspecified atom stereocenters. The Kier molecular flexibility index (Phi) is 6.52. The van der Waals surface area contributed by atoms with Crippen molar-refractivity contribution in [2.75, 3.05) is 13.6 Å². The second-order valence-electron chi connectivity index (χ2n) is 6.04. The van der Waals surface area contributed by atoms with Gasteiger partial charge in [-0.15, -0.1) is 0 Å². The molecule has 0 rings (SSSR count). The number of carboxylic acid groups (broad SMARTS) is 1. The van der Waals surface area contributed by atoms with Gasteiger partial charge in [-0.1, -0.05) is 27.7 Å². The molecule has 0 atom stereocenters. The van der Waals surface area contributed by atoms with Crippen LogP contribution in [0.25, 0.3) is 0 Å². The molecule has 2 N–H and O–H groups in total. The van der Waals surface area contributed by atoms with Crippen LogP contribution in [0, 0.1) is 11.3 Å². The van der Waals surface area contributed by atoms with E-state index in [0.29, 0.717) is 12.5 Å². The van der Waals surface area contributed by atoms with Gasteiger partial charge in [0, 0.05) is 20.0 Å². The number of imide groups is 1. The highest BCUT2D eigenvalue weighted by Gasteiger charge is 2.26. The molecule has 3 amide bonds. The van der Waals surface area contributed by atoms with E-state index in [1.165, 1.54) is 4.90 Å². The fourth-order valence-corrected chi connectivity index (χ4v) is 1.80. The monoisotopic (exact) mass is 272 g/mol. The van der Waals surface area contributed by atoms with Gasteiger partial charge in [-0.2, -0.15) is 0 Å². The summed E-state index contributed by atoms with van der Waals surface area (Å²) < 4.78 is 0. The average Bonchev–Trinajstić information content (AvgIpc) is 2.12. The van der Waals surface area contributed by atoms with Crippen molar-refractivity contribution >= 4 is 17.9 Å². The Hall–Kier alpha value is -1.59. The summed E-state index contributed by atoms with van der Waals surface area (Å²) in [6.07, 6.45) is -0.114. The molecule has 6 heteroatoms. The smallest absolute Gasteiger partial charge is 0.323 e. The lowest BCUT2D eigenvalue weighted by molar-refractivity contribution is -0.139. The number of nitrogens with zero attached hydrogens (tertiary/aromatic N) is 1. The highest BCUT2D eigenvalue weighted by atomic mass is 16.4. The Morgan fingerprint density at radius 3 is 2.16 bits per heavy atom. The average molecular weight is 272 g/mol. The van der Waals surface area contributed by atoms with Gasteiger partial charge in [0.1, 0.15) is 0 Å². The van der Waals surface area contributed by atoms with Crippen molar-refractivity contribution < 1.29 is 19.5 Å². The number of aliphatic carboxylic acids is 1. The molecule has 0 aromatic carbocycles. The minimum Gasteiger partial charge on any atom is -0.481 e. The van der Waals surface area contributed by atoms with Crippen LogP contribution in [0.5, 0.6) is 0 Å². The molecular formula is C13H24N2O4. The Morgan fingerprint density at radius 1 is 1.21 bits per heavy atom. The minimum atomic E-state index is -0.957. The van der Waals surface area contributed by atoms with E-state index in [1.807, 2.05) is 13.8 Å². The van der Waals surface area contributed by atoms with E-state index in [9.17, 15) is 14.4 Å². The normalized spacial score (nSPS) is 11.3. The third-order valence-corrected chi connectivity index (χ3v) is 2.50. The topological polar surface area (TPSA) is 86.7 Å². The third kappa shape index (κ3) is 8.18. The van der Waals surface area contributed by atoms with Gasteiger partial charge in [-0.3, -0.25) is 14.9 Å². The molecule has 0 saturated carbocycles. The summed E-state index contributed by atoms with van der Waals surface area (Å²) in [5.41, 5.74) is -0.674. The predicted molar refractivity (Wildman–Crippen MR) is 71.7 cm³/mol. The first-order valence-corrected chi connectivity index (χ1v) is 6.30. The summed E-state index contributed by atoms with van der Waals surface area (Å²) in [5.74, 6) is -1.10. The van der Waals surface area contributed by atoms with Gasteiger partial charge in [0.2, 0.25) is 5.91 Å². The second kappa shape index (κ2) is 7.11. The molecule has 110 valence electrons. The third-order valence-electron chi connectivity index (χ3n) is 2.50. The quantitative estimate of drug-likeness (QED) is 0.770. The molecule has 0 saturated heterocycles. The molecule has 0 aliphatic carbocycles. The van der Waals surface area contributed by atoms with Crippen LogP contribution in [0.4, 0.5) is 4.79 Å². The summed E-state index contributed by atoms with van der Waals surface area (Å²) >= 11 is 0. The predicted octanol–water partition coefficient (Wildman–Crippen LogP) is 1.70. The van der Waals surface area contributed by atoms with Crippen LogP contribution in [0.1, 0.15) is 40.5 Å². The molecule has 0 radical (unpaired) electrons. The Morgan fingerprint density at radius 2 is 1.74 bits per heavy atom. The molecule has 0 aliphatic rings. The molecule has 0 spiro atoms. The fourth-order valence-electron chi connectivity index (χ4n) is 1.80. The van der Waals surface area contributed by atoms with Gasteiger partial charge in [0.15, 0.2) is 0 Å². The molecule has 0 aliphatic heterocycles. The van der Waals surface area contributed by atoms with Crippen molar-refractivity contribution in [3.8, 4) is 0 Å². The number of amides is 3. The van der Waals surface area contributed by atoms with Gasteiger partial charge in [0.05, 0.1) is 6.42 Å². The van der Waals surface area contributed by atoms with Crippen molar-refractivity contribution in [1.29, 1.82) is 0 Å². The van der Waals surface area contributed by atoms with Crippen LogP contribution in [-0.2, 0) is 9.59 Å². The van der Waals surface area contributed by atoms with Gasteiger partial charge < -0.3 is 10.0 Å². The van der Waals surface area contributed by atoms with Crippen molar-refractivity contribution in [3.63, 3.8) is 0 Å². The Balaban J connectivity index is 4.31. The van der Waals surface area contributed by atoms with Crippen LogP contribution >= 0.6 is 0 Å². The first kappa shape index (κ1) is 17.4. The largest absolute Gasteiger partial charge is 0.481 e. The number of carbonyl (C=O) groups excluding carboxylic acids is 2. The standard InChI is InChI=1S/C13H24N2O4/c1-9(2)8-15(5)12(19)14-10(16)6-13(3,4)7-11(17)18/h9H,6-8H2,1-5H3,(H,17,18)(H,14,16,19). The molecule has 6 nitrogen and oxygen atoms in total. The molecule has 0 fully saturated rings. The van der Waals surface area contributed by atoms with Crippen LogP contribution in [0.3, 0.4) is 0 Å². The van der Waals surface area contributed by atoms with Gasteiger partial charge in [0.25, 0.3) is 0 Å². The van der Waals surface area contributed by atoms with Crippen molar-refractivity contribution in [1.82, 2.24) is 10.2 Å². The first-order valence-electron chi connectivity index (χ1n) is 6.30. The lowest BCUT2D eigenvalue weighted by atomic mass is 9.85. The number of urea groups is 1. The molecule has 19 heavy (non-hydrogen) atoms. The maximum atomic E-state index is 11.7. The molecular weight excluding hydrogens is 248 g/mol. The number of nitrogens with one attached hydrogen (secondary N) is 1. The van der Waals surface area contributed by atoms with Crippen LogP contribution in [0.15, 0.2) is 0 Å². The van der Waals surface area contributed by atoms with E-state index in [2.05, 4.69) is 5.32 Å². The summed E-state index contributed by atoms with van der Waals surface area (Å²) in [4.78, 5) is 35.4. The van der Waals surface area contributed by atoms with Gasteiger partial charge >= 0.3 is 12.0 Å². The SMILES string of the molecule is CC(C)CN(C)C(=O)NC(=O)CC(C)(C)CC(=O)O. The van der Waals surface area contributed by atoms with E-state index in [-0.39, 0.29) is 12.8 Å². The maximum Gasteiger partial charge on any atom is 0.323 e. The van der Waals surface area contributed by atoms with Crippen LogP contribution in [-0.4, -0.2) is 41.5 Å². The number of hydrogen-bond acceptors (Lipinski definition) is 3. The van der Waals surface area contributed by atoms with Crippen LogP contribution in [0.2, 0.25) is 0 Å². The summed E-state index contributed by atoms with van der Waals surface area (Å²) in [7, 11) is 1.62. The zero-order chi connectivity index (χ0) is 15.2. The zero-order valence-electron chi connectivity index (χ0n) is 12.3. The highest BCUT2D eigenvalue weighted by Crippen LogP contribution is 2.24. The molecule has 0 heterocycles. The highest BCUT2D eigenvalue weighted by molar-refractivity contribution is 5.94. The lowest BCUT2D eigenvalue weighted by Crippen LogP contribution is -2.43. The molecule has 0 aromatic rings. The van der Waals surface area contributed by atoms with E-state index < -0.39 is 23.3 Å². The van der Waals surface area contributed by atoms with Crippen molar-refractivity contribution in [3.05, 3.63) is 0 Å². The Labute approximate surface area is 114 Å². The molecule has 0 bridgehead atoms. The van der Waals surface area contributed by atoms with Crippen LogP contribution < -0.4 is 5.32 Å². The lowest BCUT2D eigenvalue weighted by Gasteiger charge is -2.23. The van der Waals surface area contributed by atoms with E-state index in [0.717, 1.165) is 0 Å². The maximum absolute atomic E-state index is 11.7. The van der Waals surface area contributed by atoms with Crippen molar-refractivity contribution in [2.45, 2.75) is 40.5 Å². The van der Waals surface area contributed by atoms with E-state index >= 15 is 0 Å². The summed E-state index contributed by atoms with van der Waals surface area (Å²) in [5, 5.41) is 11.0. The summed E-state index contributed by atoms with van der Waals surface area (Å²) in [6.45, 7) is 7.87. The second-order valence-corrected chi connectivity index (χ2v) is 6.04. The fraction of sp³-hybridized carbons (Fsp3) is 0.769. The Bertz CT molecular complexity index is 351. The van der Waals surface area contributed by atoms with Crippen molar-refractivity contribution in [2.24, 2.45) is 11.3 Å². The number of carboxylic acids is 1. The molecule has 0 aromatic heterocycles. The first-order chi connectivity index (χ1) is 8.53.